The van der Waals surface area contributed by atoms with Crippen LogP contribution in [0.2, 0.25) is 0 Å². The third kappa shape index (κ3) is 3.21. The van der Waals surface area contributed by atoms with Crippen molar-refractivity contribution in [2.45, 2.75) is 51.4 Å². The molecule has 1 aromatic heterocycles. The standard InChI is InChI=1S/C17H27N5O/c1-23-16-19-14(21-10-4-2-3-5-11-21)18-15(20-16)22-12-6-7-17(13-22)8-9-17/h2-13H2,1H3. The van der Waals surface area contributed by atoms with Gasteiger partial charge >= 0.3 is 6.01 Å². The minimum absolute atomic E-state index is 0.449. The second-order valence-corrected chi connectivity index (χ2v) is 7.35. The van der Waals surface area contributed by atoms with Crippen LogP contribution < -0.4 is 14.5 Å². The Morgan fingerprint density at radius 2 is 1.43 bits per heavy atom. The molecule has 3 aliphatic rings. The van der Waals surface area contributed by atoms with Gasteiger partial charge in [0.05, 0.1) is 7.11 Å². The molecule has 1 aromatic rings. The van der Waals surface area contributed by atoms with E-state index in [0.29, 0.717) is 11.4 Å². The predicted molar refractivity (Wildman–Crippen MR) is 90.2 cm³/mol. The Balaban J connectivity index is 1.59. The number of hydrogen-bond donors (Lipinski definition) is 0. The normalized spacial score (nSPS) is 23.7. The number of piperidine rings is 1. The summed E-state index contributed by atoms with van der Waals surface area (Å²) in [6, 6.07) is 0.449. The van der Waals surface area contributed by atoms with Gasteiger partial charge in [-0.05, 0) is 43.9 Å². The summed E-state index contributed by atoms with van der Waals surface area (Å²) < 4.78 is 5.36. The quantitative estimate of drug-likeness (QED) is 0.854. The fourth-order valence-electron chi connectivity index (χ4n) is 3.94. The van der Waals surface area contributed by atoms with E-state index >= 15 is 0 Å². The average molecular weight is 317 g/mol. The van der Waals surface area contributed by atoms with Crippen molar-refractivity contribution in [3.63, 3.8) is 0 Å². The third-order valence-electron chi connectivity index (χ3n) is 5.56. The van der Waals surface area contributed by atoms with Crippen LogP contribution in [-0.4, -0.2) is 48.2 Å². The fourth-order valence-corrected chi connectivity index (χ4v) is 3.94. The van der Waals surface area contributed by atoms with Gasteiger partial charge in [-0.25, -0.2) is 0 Å². The van der Waals surface area contributed by atoms with E-state index in [1.807, 2.05) is 0 Å². The third-order valence-corrected chi connectivity index (χ3v) is 5.56. The number of nitrogens with zero attached hydrogens (tertiary/aromatic N) is 5. The summed E-state index contributed by atoms with van der Waals surface area (Å²) in [5.41, 5.74) is 0.556. The van der Waals surface area contributed by atoms with Crippen molar-refractivity contribution in [3.8, 4) is 6.01 Å². The largest absolute Gasteiger partial charge is 0.467 e. The van der Waals surface area contributed by atoms with E-state index in [1.165, 1.54) is 51.4 Å². The van der Waals surface area contributed by atoms with Gasteiger partial charge in [0.1, 0.15) is 0 Å². The summed E-state index contributed by atoms with van der Waals surface area (Å²) in [4.78, 5) is 18.5. The molecule has 2 saturated heterocycles. The number of aromatic nitrogens is 3. The van der Waals surface area contributed by atoms with E-state index in [0.717, 1.165) is 38.1 Å². The molecule has 1 saturated carbocycles. The number of anilines is 2. The summed E-state index contributed by atoms with van der Waals surface area (Å²) in [5.74, 6) is 1.60. The van der Waals surface area contributed by atoms with E-state index < -0.39 is 0 Å². The first-order valence-corrected chi connectivity index (χ1v) is 9.08. The van der Waals surface area contributed by atoms with Crippen molar-refractivity contribution >= 4 is 11.9 Å². The minimum atomic E-state index is 0.449. The van der Waals surface area contributed by atoms with Gasteiger partial charge in [-0.3, -0.25) is 0 Å². The first-order valence-electron chi connectivity index (χ1n) is 9.08. The SMILES string of the molecule is COc1nc(N2CCCCCC2)nc(N2CCCC3(CC3)C2)n1. The van der Waals surface area contributed by atoms with E-state index in [2.05, 4.69) is 19.8 Å². The molecule has 126 valence electrons. The summed E-state index contributed by atoms with van der Waals surface area (Å²) in [6.07, 6.45) is 10.4. The van der Waals surface area contributed by atoms with Crippen LogP contribution in [0.25, 0.3) is 0 Å². The highest BCUT2D eigenvalue weighted by atomic mass is 16.5. The molecule has 3 fully saturated rings. The lowest BCUT2D eigenvalue weighted by atomic mass is 9.95. The molecular weight excluding hydrogens is 290 g/mol. The van der Waals surface area contributed by atoms with Gasteiger partial charge in [0.25, 0.3) is 0 Å². The molecule has 2 aliphatic heterocycles. The lowest BCUT2D eigenvalue weighted by Gasteiger charge is -2.33. The maximum absolute atomic E-state index is 5.36. The maximum atomic E-state index is 5.36. The monoisotopic (exact) mass is 317 g/mol. The highest BCUT2D eigenvalue weighted by molar-refractivity contribution is 5.41. The lowest BCUT2D eigenvalue weighted by molar-refractivity contribution is 0.369. The molecular formula is C17H27N5O. The first-order chi connectivity index (χ1) is 11.3. The molecule has 0 atom stereocenters. The van der Waals surface area contributed by atoms with Crippen LogP contribution in [-0.2, 0) is 0 Å². The molecule has 0 N–H and O–H groups in total. The smallest absolute Gasteiger partial charge is 0.322 e. The number of ether oxygens (including phenoxy) is 1. The van der Waals surface area contributed by atoms with Gasteiger partial charge in [0, 0.05) is 26.2 Å². The number of methoxy groups -OCH3 is 1. The Morgan fingerprint density at radius 1 is 0.783 bits per heavy atom. The zero-order valence-corrected chi connectivity index (χ0v) is 14.1. The van der Waals surface area contributed by atoms with E-state index in [4.69, 9.17) is 9.72 Å². The molecule has 6 nitrogen and oxygen atoms in total. The molecule has 0 amide bonds. The van der Waals surface area contributed by atoms with Crippen molar-refractivity contribution < 1.29 is 4.74 Å². The van der Waals surface area contributed by atoms with Gasteiger partial charge in [0.2, 0.25) is 11.9 Å². The molecule has 0 radical (unpaired) electrons. The second-order valence-electron chi connectivity index (χ2n) is 7.35. The summed E-state index contributed by atoms with van der Waals surface area (Å²) in [7, 11) is 1.64. The Hall–Kier alpha value is -1.59. The van der Waals surface area contributed by atoms with E-state index in [9.17, 15) is 0 Å². The topological polar surface area (TPSA) is 54.4 Å². The summed E-state index contributed by atoms with van der Waals surface area (Å²) in [5, 5.41) is 0. The molecule has 4 rings (SSSR count). The minimum Gasteiger partial charge on any atom is -0.467 e. The Labute approximate surface area is 138 Å². The van der Waals surface area contributed by atoms with Crippen LogP contribution in [0.5, 0.6) is 6.01 Å². The molecule has 23 heavy (non-hydrogen) atoms. The lowest BCUT2D eigenvalue weighted by Crippen LogP contribution is -2.38. The molecule has 0 aromatic carbocycles. The molecule has 1 spiro atoms. The molecule has 3 heterocycles. The number of rotatable bonds is 3. The van der Waals surface area contributed by atoms with Gasteiger partial charge in [-0.15, -0.1) is 0 Å². The van der Waals surface area contributed by atoms with Crippen molar-refractivity contribution in [3.05, 3.63) is 0 Å². The molecule has 1 aliphatic carbocycles. The van der Waals surface area contributed by atoms with Gasteiger partial charge in [0.15, 0.2) is 0 Å². The van der Waals surface area contributed by atoms with Crippen molar-refractivity contribution in [1.29, 1.82) is 0 Å². The van der Waals surface area contributed by atoms with Gasteiger partial charge in [-0.1, -0.05) is 12.8 Å². The fraction of sp³-hybridized carbons (Fsp3) is 0.824. The molecule has 6 heteroatoms. The molecule has 0 unspecified atom stereocenters. The average Bonchev–Trinajstić information content (AvgIpc) is 3.38. The van der Waals surface area contributed by atoms with E-state index in [1.54, 1.807) is 7.11 Å². The van der Waals surface area contributed by atoms with Gasteiger partial charge in [-0.2, -0.15) is 15.0 Å². The maximum Gasteiger partial charge on any atom is 0.322 e. The van der Waals surface area contributed by atoms with Crippen LogP contribution in [0.3, 0.4) is 0 Å². The Bertz CT molecular complexity index is 552. The summed E-state index contributed by atoms with van der Waals surface area (Å²) in [6.45, 7) is 4.22. The first kappa shape index (κ1) is 15.0. The highest BCUT2D eigenvalue weighted by Gasteiger charge is 2.46. The van der Waals surface area contributed by atoms with Crippen LogP contribution in [0.15, 0.2) is 0 Å². The summed E-state index contributed by atoms with van der Waals surface area (Å²) >= 11 is 0. The van der Waals surface area contributed by atoms with Gasteiger partial charge < -0.3 is 14.5 Å². The Kier molecular flexibility index (Phi) is 3.99. The van der Waals surface area contributed by atoms with Crippen LogP contribution in [0.4, 0.5) is 11.9 Å². The Morgan fingerprint density at radius 3 is 2.09 bits per heavy atom. The van der Waals surface area contributed by atoms with Crippen LogP contribution in [0.1, 0.15) is 51.4 Å². The highest BCUT2D eigenvalue weighted by Crippen LogP contribution is 2.52. The predicted octanol–water partition coefficient (Wildman–Crippen LogP) is 2.64. The zero-order chi connectivity index (χ0) is 15.7. The zero-order valence-electron chi connectivity index (χ0n) is 14.1. The van der Waals surface area contributed by atoms with Crippen molar-refractivity contribution in [1.82, 2.24) is 15.0 Å². The van der Waals surface area contributed by atoms with Crippen LogP contribution in [0, 0.1) is 5.41 Å². The number of hydrogen-bond acceptors (Lipinski definition) is 6. The van der Waals surface area contributed by atoms with Crippen molar-refractivity contribution in [2.24, 2.45) is 5.41 Å². The van der Waals surface area contributed by atoms with Crippen LogP contribution >= 0.6 is 0 Å². The molecule has 0 bridgehead atoms. The van der Waals surface area contributed by atoms with E-state index in [-0.39, 0.29) is 0 Å². The second kappa shape index (κ2) is 6.13. The van der Waals surface area contributed by atoms with Crippen molar-refractivity contribution in [2.75, 3.05) is 43.1 Å².